The van der Waals surface area contributed by atoms with E-state index in [1.54, 1.807) is 0 Å². The van der Waals surface area contributed by atoms with Crippen LogP contribution in [0.5, 0.6) is 11.5 Å². The maximum absolute atomic E-state index is 10.2. The normalized spacial score (nSPS) is 9.93. The predicted octanol–water partition coefficient (Wildman–Crippen LogP) is 6.22. The van der Waals surface area contributed by atoms with Gasteiger partial charge < -0.3 is 19.7 Å². The average Bonchev–Trinajstić information content (AvgIpc) is 2.61. The third kappa shape index (κ3) is 7.99. The number of aliphatic carboxylic acids is 2. The van der Waals surface area contributed by atoms with Gasteiger partial charge in [0.2, 0.25) is 0 Å². The lowest BCUT2D eigenvalue weighted by atomic mass is 10.3. The fraction of sp³-hybridized carbons (Fsp3) is 0.125. The molecule has 2 rings (SSSR count). The van der Waals surface area contributed by atoms with Gasteiger partial charge in [-0.3, -0.25) is 0 Å². The number of halogens is 6. The van der Waals surface area contributed by atoms with Crippen molar-refractivity contribution in [3.05, 3.63) is 54.4 Å². The highest BCUT2D eigenvalue weighted by Gasteiger charge is 2.11. The zero-order chi connectivity index (χ0) is 21.4. The van der Waals surface area contributed by atoms with E-state index in [9.17, 15) is 9.59 Å². The topological polar surface area (TPSA) is 93.1 Å². The number of ether oxygens (including phenoxy) is 2. The number of hydrogen-bond donors (Lipinski definition) is 2. The average molecular weight is 511 g/mol. The second kappa shape index (κ2) is 11.7. The van der Waals surface area contributed by atoms with E-state index in [1.807, 2.05) is 0 Å². The van der Waals surface area contributed by atoms with Gasteiger partial charge in [0.05, 0.1) is 25.1 Å². The Bertz CT molecular complexity index is 857. The molecule has 0 saturated carbocycles. The molecular formula is C16H10Cl6O6. The van der Waals surface area contributed by atoms with Crippen LogP contribution >= 0.6 is 69.6 Å². The Morgan fingerprint density at radius 1 is 0.679 bits per heavy atom. The van der Waals surface area contributed by atoms with Crippen molar-refractivity contribution in [1.82, 2.24) is 0 Å². The van der Waals surface area contributed by atoms with Crippen LogP contribution in [0.4, 0.5) is 0 Å². The number of carboxylic acids is 2. The minimum absolute atomic E-state index is 0.111. The van der Waals surface area contributed by atoms with Crippen LogP contribution in [0.15, 0.2) is 24.3 Å². The van der Waals surface area contributed by atoms with Crippen molar-refractivity contribution in [2.24, 2.45) is 0 Å². The van der Waals surface area contributed by atoms with E-state index in [-0.39, 0.29) is 31.6 Å². The van der Waals surface area contributed by atoms with Crippen LogP contribution in [0.1, 0.15) is 0 Å². The molecule has 2 N–H and O–H groups in total. The number of benzene rings is 2. The van der Waals surface area contributed by atoms with Crippen LogP contribution in [0.25, 0.3) is 0 Å². The molecule has 12 heteroatoms. The molecule has 2 aromatic carbocycles. The maximum Gasteiger partial charge on any atom is 0.341 e. The van der Waals surface area contributed by atoms with E-state index in [4.69, 9.17) is 89.3 Å². The number of rotatable bonds is 6. The van der Waals surface area contributed by atoms with Crippen molar-refractivity contribution in [3.63, 3.8) is 0 Å². The fourth-order valence-electron chi connectivity index (χ4n) is 1.51. The van der Waals surface area contributed by atoms with Gasteiger partial charge in [-0.1, -0.05) is 69.6 Å². The van der Waals surface area contributed by atoms with E-state index >= 15 is 0 Å². The van der Waals surface area contributed by atoms with Crippen LogP contribution in [0.3, 0.4) is 0 Å². The largest absolute Gasteiger partial charge is 0.480 e. The van der Waals surface area contributed by atoms with Crippen LogP contribution < -0.4 is 9.47 Å². The Labute approximate surface area is 189 Å². The molecule has 2 aromatic rings. The summed E-state index contributed by atoms with van der Waals surface area (Å²) < 4.78 is 9.72. The SMILES string of the molecule is O=C(O)COc1cc(Cl)c(Cl)cc1Cl.O=C(O)COc1ccc(Cl)c(Cl)c1Cl. The van der Waals surface area contributed by atoms with E-state index in [2.05, 4.69) is 0 Å². The molecule has 152 valence electrons. The van der Waals surface area contributed by atoms with E-state index in [0.29, 0.717) is 10.0 Å². The van der Waals surface area contributed by atoms with Crippen molar-refractivity contribution in [3.8, 4) is 11.5 Å². The lowest BCUT2D eigenvalue weighted by Gasteiger charge is -2.07. The number of carbonyl (C=O) groups is 2. The molecule has 0 spiro atoms. The van der Waals surface area contributed by atoms with Crippen LogP contribution in [-0.4, -0.2) is 35.4 Å². The molecule has 0 saturated heterocycles. The molecular weight excluding hydrogens is 501 g/mol. The number of hydrogen-bond acceptors (Lipinski definition) is 4. The highest BCUT2D eigenvalue weighted by atomic mass is 35.5. The predicted molar refractivity (Wildman–Crippen MR) is 109 cm³/mol. The molecule has 0 fully saturated rings. The quantitative estimate of drug-likeness (QED) is 0.354. The summed E-state index contributed by atoms with van der Waals surface area (Å²) in [6.45, 7) is -0.949. The first-order valence-electron chi connectivity index (χ1n) is 7.00. The van der Waals surface area contributed by atoms with Gasteiger partial charge in [-0.15, -0.1) is 0 Å². The third-order valence-electron chi connectivity index (χ3n) is 2.68. The summed E-state index contributed by atoms with van der Waals surface area (Å²) in [5, 5.41) is 18.1. The van der Waals surface area contributed by atoms with Crippen LogP contribution in [-0.2, 0) is 9.59 Å². The summed E-state index contributed by atoms with van der Waals surface area (Å²) in [7, 11) is 0. The standard InChI is InChI=1S/2C8H5Cl3O3/c9-4-1-6(11)7(2-5(4)10)14-3-8(12)13;9-4-1-2-5(8(11)7(4)10)14-3-6(12)13/h2*1-2H,3H2,(H,12,13). The Balaban J connectivity index is 0.000000280. The van der Waals surface area contributed by atoms with Crippen molar-refractivity contribution in [1.29, 1.82) is 0 Å². The monoisotopic (exact) mass is 508 g/mol. The van der Waals surface area contributed by atoms with Gasteiger partial charge in [0, 0.05) is 6.07 Å². The minimum Gasteiger partial charge on any atom is -0.480 e. The molecule has 0 radical (unpaired) electrons. The van der Waals surface area contributed by atoms with E-state index in [1.165, 1.54) is 24.3 Å². The van der Waals surface area contributed by atoms with Crippen molar-refractivity contribution in [2.75, 3.05) is 13.2 Å². The molecule has 0 atom stereocenters. The van der Waals surface area contributed by atoms with Crippen LogP contribution in [0, 0.1) is 0 Å². The van der Waals surface area contributed by atoms with Gasteiger partial charge in [0.25, 0.3) is 0 Å². The van der Waals surface area contributed by atoms with Crippen molar-refractivity contribution in [2.45, 2.75) is 0 Å². The lowest BCUT2D eigenvalue weighted by molar-refractivity contribution is -0.140. The maximum atomic E-state index is 10.2. The summed E-state index contributed by atoms with van der Waals surface area (Å²) in [4.78, 5) is 20.4. The molecule has 0 aliphatic carbocycles. The highest BCUT2D eigenvalue weighted by molar-refractivity contribution is 6.48. The van der Waals surface area contributed by atoms with E-state index in [0.717, 1.165) is 0 Å². The molecule has 0 amide bonds. The summed E-state index contributed by atoms with van der Waals surface area (Å²) in [6, 6.07) is 5.70. The Hall–Kier alpha value is -1.28. The number of carboxylic acid groups (broad SMARTS) is 2. The van der Waals surface area contributed by atoms with Crippen LogP contribution in [0.2, 0.25) is 30.1 Å². The van der Waals surface area contributed by atoms with Gasteiger partial charge in [-0.2, -0.15) is 0 Å². The van der Waals surface area contributed by atoms with Gasteiger partial charge in [-0.25, -0.2) is 9.59 Å². The molecule has 0 aromatic heterocycles. The summed E-state index contributed by atoms with van der Waals surface area (Å²) in [5.41, 5.74) is 0. The molecule has 0 heterocycles. The second-order valence-corrected chi connectivity index (χ2v) is 7.12. The second-order valence-electron chi connectivity index (χ2n) is 4.74. The Kier molecular flexibility index (Phi) is 10.3. The summed E-state index contributed by atoms with van der Waals surface area (Å²) in [6.07, 6.45) is 0. The third-order valence-corrected chi connectivity index (χ3v) is 4.97. The Morgan fingerprint density at radius 3 is 1.71 bits per heavy atom. The smallest absolute Gasteiger partial charge is 0.341 e. The molecule has 0 unspecified atom stereocenters. The van der Waals surface area contributed by atoms with Crippen molar-refractivity contribution < 1.29 is 29.3 Å². The van der Waals surface area contributed by atoms with Gasteiger partial charge >= 0.3 is 11.9 Å². The molecule has 28 heavy (non-hydrogen) atoms. The molecule has 0 aliphatic heterocycles. The van der Waals surface area contributed by atoms with Crippen molar-refractivity contribution >= 4 is 81.5 Å². The zero-order valence-corrected chi connectivity index (χ0v) is 18.1. The summed E-state index contributed by atoms with van der Waals surface area (Å²) in [5.74, 6) is -1.79. The van der Waals surface area contributed by atoms with E-state index < -0.39 is 25.2 Å². The fourth-order valence-corrected chi connectivity index (χ4v) is 2.69. The van der Waals surface area contributed by atoms with Gasteiger partial charge in [0.15, 0.2) is 13.2 Å². The lowest BCUT2D eigenvalue weighted by Crippen LogP contribution is -2.09. The molecule has 0 aliphatic rings. The van der Waals surface area contributed by atoms with Gasteiger partial charge in [-0.05, 0) is 18.2 Å². The highest BCUT2D eigenvalue weighted by Crippen LogP contribution is 2.37. The first kappa shape index (κ1) is 24.8. The first-order chi connectivity index (χ1) is 13.0. The summed E-state index contributed by atoms with van der Waals surface area (Å²) >= 11 is 34.2. The van der Waals surface area contributed by atoms with Gasteiger partial charge in [0.1, 0.15) is 16.5 Å². The minimum atomic E-state index is -1.09. The first-order valence-corrected chi connectivity index (χ1v) is 9.27. The zero-order valence-electron chi connectivity index (χ0n) is 13.5. The molecule has 0 bridgehead atoms. The molecule has 6 nitrogen and oxygen atoms in total. The Morgan fingerprint density at radius 2 is 1.18 bits per heavy atom.